The van der Waals surface area contributed by atoms with Gasteiger partial charge in [-0.05, 0) is 6.42 Å². The topological polar surface area (TPSA) is 21.8 Å². The highest BCUT2D eigenvalue weighted by atomic mass is 127. The minimum absolute atomic E-state index is 0.430. The molecule has 0 aromatic rings. The molecule has 0 aromatic heterocycles. The summed E-state index contributed by atoms with van der Waals surface area (Å²) in [6, 6.07) is 0. The Kier molecular flexibility index (Phi) is 3.85. The van der Waals surface area contributed by atoms with Gasteiger partial charge in [0.2, 0.25) is 0 Å². The first-order valence-electron chi connectivity index (χ1n) is 3.19. The van der Waals surface area contributed by atoms with Crippen molar-refractivity contribution < 1.29 is 9.47 Å². The molecule has 1 saturated heterocycles. The van der Waals surface area contributed by atoms with Crippen molar-refractivity contribution >= 4 is 22.6 Å². The fourth-order valence-electron chi connectivity index (χ4n) is 0.536. The highest BCUT2D eigenvalue weighted by molar-refractivity contribution is 14.1. The average molecular weight is 242 g/mol. The molecule has 0 bridgehead atoms. The van der Waals surface area contributed by atoms with Gasteiger partial charge in [0, 0.05) is 11.0 Å². The van der Waals surface area contributed by atoms with Crippen LogP contribution in [0.25, 0.3) is 0 Å². The molecule has 0 radical (unpaired) electrons. The molecule has 1 aliphatic heterocycles. The molecule has 0 spiro atoms. The van der Waals surface area contributed by atoms with Crippen molar-refractivity contribution in [2.24, 2.45) is 0 Å². The number of epoxide rings is 1. The molecule has 1 rings (SSSR count). The van der Waals surface area contributed by atoms with Crippen LogP contribution in [0, 0.1) is 0 Å². The molecular formula is C6H11IO2. The van der Waals surface area contributed by atoms with Gasteiger partial charge in [0.1, 0.15) is 6.10 Å². The minimum Gasteiger partial charge on any atom is -0.379 e. The van der Waals surface area contributed by atoms with Crippen molar-refractivity contribution in [1.82, 2.24) is 0 Å². The van der Waals surface area contributed by atoms with Crippen molar-refractivity contribution in [3.05, 3.63) is 0 Å². The molecule has 1 unspecified atom stereocenters. The zero-order valence-electron chi connectivity index (χ0n) is 5.31. The average Bonchev–Trinajstić information content (AvgIpc) is 2.63. The fraction of sp³-hybridized carbons (Fsp3) is 1.00. The van der Waals surface area contributed by atoms with E-state index in [2.05, 4.69) is 22.6 Å². The Balaban J connectivity index is 1.71. The van der Waals surface area contributed by atoms with E-state index < -0.39 is 0 Å². The molecule has 1 atom stereocenters. The van der Waals surface area contributed by atoms with Gasteiger partial charge in [0.05, 0.1) is 13.2 Å². The van der Waals surface area contributed by atoms with Crippen molar-refractivity contribution in [3.8, 4) is 0 Å². The molecule has 0 amide bonds. The number of rotatable bonds is 5. The van der Waals surface area contributed by atoms with Gasteiger partial charge in [-0.3, -0.25) is 0 Å². The minimum atomic E-state index is 0.430. The highest BCUT2D eigenvalue weighted by Crippen LogP contribution is 2.08. The lowest BCUT2D eigenvalue weighted by Crippen LogP contribution is -2.02. The molecule has 0 aliphatic carbocycles. The van der Waals surface area contributed by atoms with E-state index in [0.717, 1.165) is 26.2 Å². The van der Waals surface area contributed by atoms with Crippen molar-refractivity contribution in [2.45, 2.75) is 12.5 Å². The summed E-state index contributed by atoms with van der Waals surface area (Å²) in [7, 11) is 0. The van der Waals surface area contributed by atoms with Crippen LogP contribution in [0.15, 0.2) is 0 Å². The van der Waals surface area contributed by atoms with E-state index in [1.165, 1.54) is 4.43 Å². The van der Waals surface area contributed by atoms with Crippen LogP contribution in [-0.4, -0.2) is 30.4 Å². The number of ether oxygens (including phenoxy) is 2. The molecule has 3 heteroatoms. The zero-order chi connectivity index (χ0) is 6.53. The smallest absolute Gasteiger partial charge is 0.104 e. The van der Waals surface area contributed by atoms with E-state index in [1.54, 1.807) is 0 Å². The third-order valence-electron chi connectivity index (χ3n) is 1.13. The lowest BCUT2D eigenvalue weighted by Gasteiger charge is -1.97. The Labute approximate surface area is 69.0 Å². The molecule has 9 heavy (non-hydrogen) atoms. The summed E-state index contributed by atoms with van der Waals surface area (Å²) in [6.45, 7) is 2.60. The fourth-order valence-corrected chi connectivity index (χ4v) is 0.847. The second-order valence-electron chi connectivity index (χ2n) is 2.07. The third kappa shape index (κ3) is 4.11. The van der Waals surface area contributed by atoms with Gasteiger partial charge in [-0.2, -0.15) is 0 Å². The summed E-state index contributed by atoms with van der Waals surface area (Å²) >= 11 is 2.35. The molecular weight excluding hydrogens is 231 g/mol. The first-order valence-corrected chi connectivity index (χ1v) is 4.71. The van der Waals surface area contributed by atoms with E-state index in [4.69, 9.17) is 9.47 Å². The van der Waals surface area contributed by atoms with Crippen LogP contribution >= 0.6 is 22.6 Å². The van der Waals surface area contributed by atoms with Gasteiger partial charge in [-0.15, -0.1) is 0 Å². The Morgan fingerprint density at radius 1 is 1.67 bits per heavy atom. The molecule has 1 fully saturated rings. The number of hydrogen-bond donors (Lipinski definition) is 0. The Morgan fingerprint density at radius 2 is 2.44 bits per heavy atom. The first kappa shape index (κ1) is 7.75. The second-order valence-corrected chi connectivity index (χ2v) is 3.15. The molecule has 1 heterocycles. The summed E-state index contributed by atoms with van der Waals surface area (Å²) in [5.74, 6) is 0. The molecule has 0 aromatic carbocycles. The number of halogens is 1. The second kappa shape index (κ2) is 4.46. The van der Waals surface area contributed by atoms with Crippen molar-refractivity contribution in [3.63, 3.8) is 0 Å². The monoisotopic (exact) mass is 242 g/mol. The standard InChI is InChI=1S/C6H11IO2/c7-2-1-3-8-4-6-5-9-6/h6H,1-5H2. The van der Waals surface area contributed by atoms with E-state index in [0.29, 0.717) is 6.10 Å². The van der Waals surface area contributed by atoms with Crippen molar-refractivity contribution in [2.75, 3.05) is 24.2 Å². The third-order valence-corrected chi connectivity index (χ3v) is 1.89. The zero-order valence-corrected chi connectivity index (χ0v) is 7.46. The lowest BCUT2D eigenvalue weighted by molar-refractivity contribution is 0.118. The Morgan fingerprint density at radius 3 is 3.00 bits per heavy atom. The summed E-state index contributed by atoms with van der Waals surface area (Å²) in [4.78, 5) is 0. The Hall–Kier alpha value is 0.650. The SMILES string of the molecule is ICCCOCC1CO1. The van der Waals surface area contributed by atoms with Crippen LogP contribution in [0.3, 0.4) is 0 Å². The predicted octanol–water partition coefficient (Wildman–Crippen LogP) is 1.23. The molecule has 0 N–H and O–H groups in total. The van der Waals surface area contributed by atoms with Gasteiger partial charge < -0.3 is 9.47 Å². The van der Waals surface area contributed by atoms with E-state index in [-0.39, 0.29) is 0 Å². The summed E-state index contributed by atoms with van der Waals surface area (Å²) in [5, 5.41) is 0. The van der Waals surface area contributed by atoms with Crippen LogP contribution in [0.4, 0.5) is 0 Å². The lowest BCUT2D eigenvalue weighted by atomic mass is 10.5. The van der Waals surface area contributed by atoms with Gasteiger partial charge in [-0.25, -0.2) is 0 Å². The molecule has 2 nitrogen and oxygen atoms in total. The van der Waals surface area contributed by atoms with Crippen LogP contribution in [-0.2, 0) is 9.47 Å². The van der Waals surface area contributed by atoms with Crippen LogP contribution in [0.2, 0.25) is 0 Å². The maximum absolute atomic E-state index is 5.27. The van der Waals surface area contributed by atoms with Gasteiger partial charge in [0.15, 0.2) is 0 Å². The molecule has 54 valence electrons. The summed E-state index contributed by atoms with van der Waals surface area (Å²) in [6.07, 6.45) is 1.59. The largest absolute Gasteiger partial charge is 0.379 e. The van der Waals surface area contributed by atoms with Gasteiger partial charge in [0.25, 0.3) is 0 Å². The first-order chi connectivity index (χ1) is 4.43. The van der Waals surface area contributed by atoms with Gasteiger partial charge in [-0.1, -0.05) is 22.6 Å². The van der Waals surface area contributed by atoms with Crippen LogP contribution in [0.1, 0.15) is 6.42 Å². The van der Waals surface area contributed by atoms with Gasteiger partial charge >= 0.3 is 0 Å². The predicted molar refractivity (Wildman–Crippen MR) is 44.1 cm³/mol. The maximum Gasteiger partial charge on any atom is 0.104 e. The van der Waals surface area contributed by atoms with E-state index in [9.17, 15) is 0 Å². The normalized spacial score (nSPS) is 24.3. The Bertz CT molecular complexity index is 73.5. The van der Waals surface area contributed by atoms with Crippen LogP contribution < -0.4 is 0 Å². The van der Waals surface area contributed by atoms with Crippen molar-refractivity contribution in [1.29, 1.82) is 0 Å². The number of alkyl halides is 1. The van der Waals surface area contributed by atoms with E-state index >= 15 is 0 Å². The number of hydrogen-bond acceptors (Lipinski definition) is 2. The quantitative estimate of drug-likeness (QED) is 0.313. The molecule has 0 saturated carbocycles. The maximum atomic E-state index is 5.27. The molecule has 1 aliphatic rings. The summed E-state index contributed by atoms with van der Waals surface area (Å²) < 4.78 is 11.4. The van der Waals surface area contributed by atoms with Crippen LogP contribution in [0.5, 0.6) is 0 Å². The van der Waals surface area contributed by atoms with E-state index in [1.807, 2.05) is 0 Å². The summed E-state index contributed by atoms with van der Waals surface area (Å²) in [5.41, 5.74) is 0. The highest BCUT2D eigenvalue weighted by Gasteiger charge is 2.21.